The topological polar surface area (TPSA) is 29.0 Å². The first kappa shape index (κ1) is 17.9. The predicted octanol–water partition coefficient (Wildman–Crippen LogP) is 6.18. The minimum atomic E-state index is -0.226. The lowest BCUT2D eigenvalue weighted by molar-refractivity contribution is 0.630. The van der Waals surface area contributed by atoms with E-state index >= 15 is 0 Å². The van der Waals surface area contributed by atoms with Crippen LogP contribution in [0.15, 0.2) is 97.6 Å². The molecule has 2 aromatic heterocycles. The third kappa shape index (κ3) is 3.49. The molecule has 0 spiro atoms. The van der Waals surface area contributed by atoms with Gasteiger partial charge in [-0.1, -0.05) is 42.5 Å². The number of benzene rings is 2. The van der Waals surface area contributed by atoms with Crippen molar-refractivity contribution in [1.82, 2.24) is 9.97 Å². The largest absolute Gasteiger partial charge is 0.332 e. The second-order valence-corrected chi connectivity index (χ2v) is 6.54. The molecule has 2 heterocycles. The summed E-state index contributed by atoms with van der Waals surface area (Å²) in [6.45, 7) is 2.11. The molecule has 0 bridgehead atoms. The summed E-state index contributed by atoms with van der Waals surface area (Å²) >= 11 is 0. The van der Waals surface area contributed by atoms with Gasteiger partial charge in [0.05, 0.1) is 29.8 Å². The van der Waals surface area contributed by atoms with Gasteiger partial charge in [-0.2, -0.15) is 0 Å². The van der Waals surface area contributed by atoms with Crippen LogP contribution in [0.3, 0.4) is 0 Å². The summed E-state index contributed by atoms with van der Waals surface area (Å²) in [6, 6.07) is 22.6. The number of hydrogen-bond donors (Lipinski definition) is 0. The maximum atomic E-state index is 14.5. The Morgan fingerprint density at radius 1 is 0.714 bits per heavy atom. The molecule has 0 aliphatic heterocycles. The van der Waals surface area contributed by atoms with Crippen molar-refractivity contribution in [2.24, 2.45) is 0 Å². The van der Waals surface area contributed by atoms with E-state index in [0.29, 0.717) is 5.56 Å². The van der Waals surface area contributed by atoms with Crippen molar-refractivity contribution in [3.8, 4) is 11.1 Å². The molecule has 4 aromatic rings. The monoisotopic (exact) mass is 369 g/mol. The van der Waals surface area contributed by atoms with Crippen LogP contribution in [0.4, 0.5) is 15.8 Å². The van der Waals surface area contributed by atoms with Crippen LogP contribution < -0.4 is 4.90 Å². The molecule has 0 saturated carbocycles. The zero-order valence-electron chi connectivity index (χ0n) is 15.5. The number of halogens is 1. The summed E-state index contributed by atoms with van der Waals surface area (Å²) in [4.78, 5) is 10.7. The highest BCUT2D eigenvalue weighted by molar-refractivity contribution is 5.71. The first-order valence-corrected chi connectivity index (χ1v) is 9.19. The first-order valence-electron chi connectivity index (χ1n) is 9.19. The predicted molar refractivity (Wildman–Crippen MR) is 111 cm³/mol. The van der Waals surface area contributed by atoms with Crippen LogP contribution >= 0.6 is 0 Å². The van der Waals surface area contributed by atoms with Crippen molar-refractivity contribution in [1.29, 1.82) is 0 Å². The van der Waals surface area contributed by atoms with E-state index in [-0.39, 0.29) is 11.9 Å². The molecule has 0 N–H and O–H groups in total. The van der Waals surface area contributed by atoms with Crippen molar-refractivity contribution in [3.05, 3.63) is 109 Å². The Hall–Kier alpha value is -3.53. The third-order valence-electron chi connectivity index (χ3n) is 4.81. The van der Waals surface area contributed by atoms with Gasteiger partial charge in [-0.3, -0.25) is 9.97 Å². The molecule has 0 aliphatic carbocycles. The molecule has 3 nitrogen and oxygen atoms in total. The average molecular weight is 369 g/mol. The lowest BCUT2D eigenvalue weighted by atomic mass is 9.94. The van der Waals surface area contributed by atoms with Crippen LogP contribution in [-0.2, 0) is 0 Å². The van der Waals surface area contributed by atoms with Crippen molar-refractivity contribution >= 4 is 11.4 Å². The van der Waals surface area contributed by atoms with Crippen molar-refractivity contribution in [2.45, 2.75) is 13.0 Å². The molecule has 0 aliphatic rings. The van der Waals surface area contributed by atoms with Crippen LogP contribution in [0.25, 0.3) is 11.1 Å². The third-order valence-corrected chi connectivity index (χ3v) is 4.81. The Morgan fingerprint density at radius 3 is 1.86 bits per heavy atom. The van der Waals surface area contributed by atoms with E-state index in [1.807, 2.05) is 73.1 Å². The fourth-order valence-electron chi connectivity index (χ4n) is 3.51. The second-order valence-electron chi connectivity index (χ2n) is 6.54. The van der Waals surface area contributed by atoms with Gasteiger partial charge in [0.1, 0.15) is 5.82 Å². The van der Waals surface area contributed by atoms with Crippen LogP contribution in [-0.4, -0.2) is 9.97 Å². The van der Waals surface area contributed by atoms with E-state index in [1.54, 1.807) is 18.5 Å². The van der Waals surface area contributed by atoms with Gasteiger partial charge in [0.25, 0.3) is 0 Å². The molecule has 4 heteroatoms. The van der Waals surface area contributed by atoms with E-state index in [4.69, 9.17) is 0 Å². The molecule has 138 valence electrons. The summed E-state index contributed by atoms with van der Waals surface area (Å²) in [6.07, 6.45) is 7.16. The Kier molecular flexibility index (Phi) is 5.11. The van der Waals surface area contributed by atoms with Crippen LogP contribution in [0.2, 0.25) is 0 Å². The number of rotatable bonds is 5. The highest BCUT2D eigenvalue weighted by Crippen LogP contribution is 2.38. The number of aromatic nitrogens is 2. The van der Waals surface area contributed by atoms with Gasteiger partial charge >= 0.3 is 0 Å². The molecular formula is C24H20FN3. The Morgan fingerprint density at radius 2 is 1.29 bits per heavy atom. The Labute approximate surface area is 164 Å². The molecule has 1 atom stereocenters. The van der Waals surface area contributed by atoms with Gasteiger partial charge in [0.15, 0.2) is 0 Å². The standard InChI is InChI=1S/C24H20FN3/c1-18(21-10-2-3-11-22(21)23-12-4-5-13-24(23)25)28(19-8-6-14-26-16-19)20-9-7-15-27-17-20/h2-18H,1H3. The van der Waals surface area contributed by atoms with Gasteiger partial charge in [-0.25, -0.2) is 4.39 Å². The highest BCUT2D eigenvalue weighted by atomic mass is 19.1. The van der Waals surface area contributed by atoms with E-state index in [2.05, 4.69) is 21.8 Å². The molecule has 4 rings (SSSR count). The number of hydrogen-bond acceptors (Lipinski definition) is 3. The lowest BCUT2D eigenvalue weighted by Gasteiger charge is -2.32. The van der Waals surface area contributed by atoms with E-state index < -0.39 is 0 Å². The van der Waals surface area contributed by atoms with Crippen LogP contribution in [0.1, 0.15) is 18.5 Å². The molecule has 0 fully saturated rings. The molecule has 28 heavy (non-hydrogen) atoms. The molecule has 0 saturated heterocycles. The van der Waals surface area contributed by atoms with Gasteiger partial charge in [0.2, 0.25) is 0 Å². The van der Waals surface area contributed by atoms with Crippen molar-refractivity contribution < 1.29 is 4.39 Å². The van der Waals surface area contributed by atoms with Crippen LogP contribution in [0, 0.1) is 5.82 Å². The van der Waals surface area contributed by atoms with Gasteiger partial charge < -0.3 is 4.90 Å². The van der Waals surface area contributed by atoms with Gasteiger partial charge in [0, 0.05) is 18.0 Å². The molecule has 1 unspecified atom stereocenters. The lowest BCUT2D eigenvalue weighted by Crippen LogP contribution is -2.22. The molecule has 0 radical (unpaired) electrons. The number of nitrogens with zero attached hydrogens (tertiary/aromatic N) is 3. The molecular weight excluding hydrogens is 349 g/mol. The van der Waals surface area contributed by atoms with Crippen LogP contribution in [0.5, 0.6) is 0 Å². The maximum absolute atomic E-state index is 14.5. The molecule has 2 aromatic carbocycles. The van der Waals surface area contributed by atoms with E-state index in [9.17, 15) is 4.39 Å². The normalized spacial score (nSPS) is 11.8. The number of anilines is 2. The van der Waals surface area contributed by atoms with E-state index in [1.165, 1.54) is 6.07 Å². The summed E-state index contributed by atoms with van der Waals surface area (Å²) in [5.41, 5.74) is 4.41. The summed E-state index contributed by atoms with van der Waals surface area (Å²) in [5.74, 6) is -0.226. The molecule has 0 amide bonds. The summed E-state index contributed by atoms with van der Waals surface area (Å²) in [7, 11) is 0. The minimum Gasteiger partial charge on any atom is -0.332 e. The first-order chi connectivity index (χ1) is 13.8. The number of pyridine rings is 2. The van der Waals surface area contributed by atoms with Gasteiger partial charge in [-0.15, -0.1) is 0 Å². The Balaban J connectivity index is 1.85. The van der Waals surface area contributed by atoms with Crippen molar-refractivity contribution in [2.75, 3.05) is 4.90 Å². The Bertz CT molecular complexity index is 1010. The van der Waals surface area contributed by atoms with Crippen molar-refractivity contribution in [3.63, 3.8) is 0 Å². The zero-order valence-corrected chi connectivity index (χ0v) is 15.5. The average Bonchev–Trinajstić information content (AvgIpc) is 2.76. The van der Waals surface area contributed by atoms with E-state index in [0.717, 1.165) is 22.5 Å². The fraction of sp³-hybridized carbons (Fsp3) is 0.0833. The smallest absolute Gasteiger partial charge is 0.131 e. The minimum absolute atomic E-state index is 0.0655. The maximum Gasteiger partial charge on any atom is 0.131 e. The summed E-state index contributed by atoms with van der Waals surface area (Å²) < 4.78 is 14.5. The second kappa shape index (κ2) is 8.01. The highest BCUT2D eigenvalue weighted by Gasteiger charge is 2.22. The van der Waals surface area contributed by atoms with Gasteiger partial charge in [-0.05, 0) is 48.4 Å². The SMILES string of the molecule is CC(c1ccccc1-c1ccccc1F)N(c1cccnc1)c1cccnc1. The fourth-order valence-corrected chi connectivity index (χ4v) is 3.51. The quantitative estimate of drug-likeness (QED) is 0.420. The summed E-state index contributed by atoms with van der Waals surface area (Å²) in [5, 5.41) is 0. The zero-order chi connectivity index (χ0) is 19.3.